The van der Waals surface area contributed by atoms with Crippen molar-refractivity contribution in [2.45, 2.75) is 58.8 Å². The molecule has 0 unspecified atom stereocenters. The molecule has 110 valence electrons. The summed E-state index contributed by atoms with van der Waals surface area (Å²) in [6, 6.07) is 0. The maximum absolute atomic E-state index is 9.00. The van der Waals surface area contributed by atoms with Crippen molar-refractivity contribution in [2.24, 2.45) is 0 Å². The molecule has 0 aromatic carbocycles. The second-order valence-electron chi connectivity index (χ2n) is 4.23. The first kappa shape index (κ1) is 19.8. The number of rotatable bonds is 9. The normalized spacial score (nSPS) is 11.1. The molecule has 0 aliphatic heterocycles. The van der Waals surface area contributed by atoms with Crippen LogP contribution in [-0.4, -0.2) is 16.2 Å². The van der Waals surface area contributed by atoms with Crippen LogP contribution in [0.3, 0.4) is 0 Å². The van der Waals surface area contributed by atoms with Crippen LogP contribution in [0.15, 0.2) is 36.6 Å². The Hall–Kier alpha value is -1.51. The van der Waals surface area contributed by atoms with Crippen LogP contribution in [0.1, 0.15) is 58.8 Å². The second-order valence-corrected chi connectivity index (χ2v) is 4.23. The molecule has 3 heteroatoms. The number of carbonyl (C=O) groups is 1. The Balaban J connectivity index is 0. The molecule has 0 heterocycles. The van der Waals surface area contributed by atoms with E-state index < -0.39 is 5.97 Å². The zero-order valence-corrected chi connectivity index (χ0v) is 12.2. The van der Waals surface area contributed by atoms with Gasteiger partial charge in [-0.3, -0.25) is 4.79 Å². The number of unbranched alkanes of at least 4 members (excludes halogenated alkanes) is 6. The molecule has 0 saturated carbocycles. The summed E-state index contributed by atoms with van der Waals surface area (Å²) in [6.45, 7) is 3.33. The van der Waals surface area contributed by atoms with Crippen molar-refractivity contribution in [3.8, 4) is 0 Å². The van der Waals surface area contributed by atoms with Crippen molar-refractivity contribution in [3.05, 3.63) is 36.6 Å². The first-order valence-corrected chi connectivity index (χ1v) is 6.97. The Kier molecular flexibility index (Phi) is 19.7. The highest BCUT2D eigenvalue weighted by Crippen LogP contribution is 2.06. The fourth-order valence-electron chi connectivity index (χ4n) is 1.40. The first-order valence-electron chi connectivity index (χ1n) is 6.97. The third-order valence-electron chi connectivity index (χ3n) is 2.28. The summed E-state index contributed by atoms with van der Waals surface area (Å²) in [7, 11) is 0. The minimum atomic E-state index is -0.833. The number of hydrogen-bond donors (Lipinski definition) is 2. The Labute approximate surface area is 117 Å². The van der Waals surface area contributed by atoms with Gasteiger partial charge in [0.25, 0.3) is 5.97 Å². The molecule has 19 heavy (non-hydrogen) atoms. The van der Waals surface area contributed by atoms with Crippen molar-refractivity contribution in [3.63, 3.8) is 0 Å². The lowest BCUT2D eigenvalue weighted by atomic mass is 10.1. The number of hydrogen-bond acceptors (Lipinski definition) is 2. The number of aliphatic hydroxyl groups excluding tert-OH is 1. The Morgan fingerprint density at radius 1 is 0.947 bits per heavy atom. The van der Waals surface area contributed by atoms with Crippen molar-refractivity contribution >= 4 is 5.97 Å². The molecule has 0 saturated heterocycles. The summed E-state index contributed by atoms with van der Waals surface area (Å²) < 4.78 is 0. The van der Waals surface area contributed by atoms with Crippen LogP contribution >= 0.6 is 0 Å². The summed E-state index contributed by atoms with van der Waals surface area (Å²) in [4.78, 5) is 9.00. The molecule has 3 nitrogen and oxygen atoms in total. The number of carboxylic acids is 1. The fourth-order valence-corrected chi connectivity index (χ4v) is 1.40. The van der Waals surface area contributed by atoms with E-state index in [0.717, 1.165) is 13.2 Å². The molecule has 2 N–H and O–H groups in total. The van der Waals surface area contributed by atoms with Crippen molar-refractivity contribution in [1.82, 2.24) is 0 Å². The smallest absolute Gasteiger partial charge is 0.300 e. The highest BCUT2D eigenvalue weighted by atomic mass is 16.4. The van der Waals surface area contributed by atoms with Crippen molar-refractivity contribution < 1.29 is 15.0 Å². The van der Waals surface area contributed by atoms with Crippen molar-refractivity contribution in [1.29, 1.82) is 0 Å². The van der Waals surface area contributed by atoms with Gasteiger partial charge in [0.2, 0.25) is 0 Å². The largest absolute Gasteiger partial charge is 0.516 e. The highest BCUT2D eigenvalue weighted by molar-refractivity contribution is 5.62. The second kappa shape index (κ2) is 18.8. The Morgan fingerprint density at radius 2 is 1.47 bits per heavy atom. The molecule has 0 atom stereocenters. The van der Waals surface area contributed by atoms with E-state index >= 15 is 0 Å². The zero-order valence-electron chi connectivity index (χ0n) is 12.2. The predicted octanol–water partition coefficient (Wildman–Crippen LogP) is 5.01. The number of allylic oxidation sites excluding steroid dienone is 5. The van der Waals surface area contributed by atoms with E-state index in [2.05, 4.69) is 13.0 Å². The van der Waals surface area contributed by atoms with Crippen LogP contribution in [0, 0.1) is 0 Å². The van der Waals surface area contributed by atoms with Gasteiger partial charge < -0.3 is 10.2 Å². The number of aliphatic hydroxyl groups is 1. The molecule has 0 aliphatic rings. The van der Waals surface area contributed by atoms with Gasteiger partial charge >= 0.3 is 0 Å². The molecule has 0 spiro atoms. The molecule has 0 aromatic rings. The van der Waals surface area contributed by atoms with Crippen LogP contribution in [0.4, 0.5) is 0 Å². The summed E-state index contributed by atoms with van der Waals surface area (Å²) in [5.41, 5.74) is 0. The topological polar surface area (TPSA) is 57.5 Å². The third-order valence-corrected chi connectivity index (χ3v) is 2.28. The van der Waals surface area contributed by atoms with E-state index in [-0.39, 0.29) is 0 Å². The van der Waals surface area contributed by atoms with Gasteiger partial charge in [0.05, 0.1) is 6.26 Å². The maximum atomic E-state index is 9.00. The van der Waals surface area contributed by atoms with E-state index in [1.165, 1.54) is 44.9 Å². The van der Waals surface area contributed by atoms with E-state index in [4.69, 9.17) is 15.0 Å². The minimum absolute atomic E-state index is 0.833. The fraction of sp³-hybridized carbons (Fsp3) is 0.562. The van der Waals surface area contributed by atoms with Gasteiger partial charge in [0.1, 0.15) is 0 Å². The molecule has 0 bridgehead atoms. The van der Waals surface area contributed by atoms with Crippen molar-refractivity contribution in [2.75, 3.05) is 0 Å². The molecule has 0 amide bonds. The van der Waals surface area contributed by atoms with Crippen LogP contribution in [-0.2, 0) is 4.79 Å². The molecule has 0 rings (SSSR count). The van der Waals surface area contributed by atoms with Crippen LogP contribution in [0.25, 0.3) is 0 Å². The first-order chi connectivity index (χ1) is 9.15. The third kappa shape index (κ3) is 31.5. The monoisotopic (exact) mass is 268 g/mol. The number of aliphatic carboxylic acids is 1. The lowest BCUT2D eigenvalue weighted by molar-refractivity contribution is -0.134. The summed E-state index contributed by atoms with van der Waals surface area (Å²) in [6.07, 6.45) is 19.9. The van der Waals surface area contributed by atoms with Gasteiger partial charge in [-0.05, 0) is 18.9 Å². The van der Waals surface area contributed by atoms with E-state index in [1.807, 2.05) is 18.2 Å². The average molecular weight is 268 g/mol. The summed E-state index contributed by atoms with van der Waals surface area (Å²) in [5, 5.41) is 15.8. The Bertz CT molecular complexity index is 261. The van der Waals surface area contributed by atoms with Crippen LogP contribution in [0.2, 0.25) is 0 Å². The average Bonchev–Trinajstić information content (AvgIpc) is 2.35. The molecule has 0 radical (unpaired) electrons. The lowest BCUT2D eigenvalue weighted by Crippen LogP contribution is -1.78. The number of carboxylic acid groups (broad SMARTS) is 1. The predicted molar refractivity (Wildman–Crippen MR) is 81.4 cm³/mol. The molecule has 0 fully saturated rings. The minimum Gasteiger partial charge on any atom is -0.516 e. The van der Waals surface area contributed by atoms with Gasteiger partial charge in [-0.25, -0.2) is 0 Å². The molecule has 0 aliphatic carbocycles. The van der Waals surface area contributed by atoms with Gasteiger partial charge in [-0.1, -0.05) is 63.3 Å². The van der Waals surface area contributed by atoms with Gasteiger partial charge in [0.15, 0.2) is 0 Å². The lowest BCUT2D eigenvalue weighted by Gasteiger charge is -1.97. The zero-order chi connectivity index (χ0) is 14.8. The van der Waals surface area contributed by atoms with Gasteiger partial charge in [-0.2, -0.15) is 0 Å². The molecular weight excluding hydrogens is 240 g/mol. The maximum Gasteiger partial charge on any atom is 0.300 e. The molecular formula is C16H28O3. The van der Waals surface area contributed by atoms with E-state index in [0.29, 0.717) is 0 Å². The summed E-state index contributed by atoms with van der Waals surface area (Å²) in [5.74, 6) is -0.833. The standard InChI is InChI=1S/C14H24O.C2H4O2/c1-2-3-4-5-6-7-8-9-10-11-12-13-14-15;1-2(3)4/h9-15H,2-8H2,1H3;1H3,(H,3,4). The van der Waals surface area contributed by atoms with Crippen LogP contribution in [0.5, 0.6) is 0 Å². The van der Waals surface area contributed by atoms with Gasteiger partial charge in [-0.15, -0.1) is 0 Å². The van der Waals surface area contributed by atoms with Gasteiger partial charge in [0, 0.05) is 6.92 Å². The summed E-state index contributed by atoms with van der Waals surface area (Å²) >= 11 is 0. The SMILES string of the molecule is CC(=O)O.CCCCCCCCC=CC=CC=CO. The van der Waals surface area contributed by atoms with E-state index in [9.17, 15) is 0 Å². The quantitative estimate of drug-likeness (QED) is 0.351. The van der Waals surface area contributed by atoms with Crippen LogP contribution < -0.4 is 0 Å². The highest BCUT2D eigenvalue weighted by Gasteiger charge is 1.87. The Morgan fingerprint density at radius 3 is 2.05 bits per heavy atom. The van der Waals surface area contributed by atoms with E-state index in [1.54, 1.807) is 6.08 Å². The molecule has 0 aromatic heterocycles.